The second-order valence-corrected chi connectivity index (χ2v) is 18.7. The second kappa shape index (κ2) is 3.86. The van der Waals surface area contributed by atoms with Crippen molar-refractivity contribution in [3.63, 3.8) is 0 Å². The van der Waals surface area contributed by atoms with Gasteiger partial charge in [-0.3, -0.25) is 0 Å². The summed E-state index contributed by atoms with van der Waals surface area (Å²) in [6, 6.07) is 18.2. The van der Waals surface area contributed by atoms with Crippen LogP contribution in [0.1, 0.15) is 25.0 Å². The van der Waals surface area contributed by atoms with E-state index in [2.05, 4.69) is 72.3 Å². The van der Waals surface area contributed by atoms with Crippen LogP contribution in [-0.4, -0.2) is 18.4 Å². The third kappa shape index (κ3) is 1.51. The zero-order valence-corrected chi connectivity index (χ0v) is 14.5. The van der Waals surface area contributed by atoms with Crippen molar-refractivity contribution >= 4 is 25.5 Å². The molecule has 0 nitrogen and oxygen atoms in total. The summed E-state index contributed by atoms with van der Waals surface area (Å²) in [7, 11) is 0. The summed E-state index contributed by atoms with van der Waals surface area (Å²) in [4.78, 5) is 5.09. The van der Waals surface area contributed by atoms with Crippen LogP contribution in [0.3, 0.4) is 0 Å². The van der Waals surface area contributed by atoms with Crippen LogP contribution in [0.25, 0.3) is 0 Å². The maximum atomic E-state index is 2.54. The van der Waals surface area contributed by atoms with Crippen molar-refractivity contribution in [1.82, 2.24) is 0 Å². The summed E-state index contributed by atoms with van der Waals surface area (Å²) in [5.41, 5.74) is 3.27. The molecule has 1 heteroatoms. The molecule has 1 aliphatic heterocycles. The van der Waals surface area contributed by atoms with Crippen LogP contribution in [0.15, 0.2) is 48.5 Å². The third-order valence-corrected chi connectivity index (χ3v) is 14.7. The van der Waals surface area contributed by atoms with Gasteiger partial charge in [0, 0.05) is 0 Å². The molecule has 92 valence electrons. The molecule has 18 heavy (non-hydrogen) atoms. The fourth-order valence-corrected chi connectivity index (χ4v) is 13.3. The fraction of sp³-hybridized carbons (Fsp3) is 0.294. The molecule has 1 aliphatic rings. The van der Waals surface area contributed by atoms with Gasteiger partial charge in [-0.1, -0.05) is 0 Å². The van der Waals surface area contributed by atoms with E-state index in [0.717, 1.165) is 0 Å². The van der Waals surface area contributed by atoms with Crippen molar-refractivity contribution < 1.29 is 0 Å². The Hall–Kier alpha value is -0.761. The standard InChI is InChI=1S/C15H14.2CH3.Sn/c1-15(2,13-9-5-3-6-10-13)14-11-7-4-8-12-14;;;/h3-9,11H,1-2H3;2*1H3;. The van der Waals surface area contributed by atoms with E-state index < -0.39 is 18.4 Å². The van der Waals surface area contributed by atoms with Crippen LogP contribution < -0.4 is 7.16 Å². The number of benzene rings is 2. The summed E-state index contributed by atoms with van der Waals surface area (Å²) >= 11 is -2.35. The predicted octanol–water partition coefficient (Wildman–Crippen LogP) is 3.15. The van der Waals surface area contributed by atoms with E-state index in [4.69, 9.17) is 0 Å². The molecule has 0 bridgehead atoms. The normalized spacial score (nSPS) is 18.9. The molecule has 0 spiro atoms. The first-order valence-corrected chi connectivity index (χ1v) is 15.2. The van der Waals surface area contributed by atoms with Gasteiger partial charge < -0.3 is 0 Å². The first-order valence-electron chi connectivity index (χ1n) is 6.65. The summed E-state index contributed by atoms with van der Waals surface area (Å²) in [6.45, 7) is 4.73. The monoisotopic (exact) mass is 344 g/mol. The van der Waals surface area contributed by atoms with Crippen molar-refractivity contribution in [3.05, 3.63) is 59.7 Å². The van der Waals surface area contributed by atoms with Crippen molar-refractivity contribution in [2.45, 2.75) is 29.1 Å². The molecule has 0 aromatic heterocycles. The van der Waals surface area contributed by atoms with E-state index in [1.165, 1.54) is 0 Å². The Labute approximate surface area is 114 Å². The molecule has 0 saturated carbocycles. The predicted molar refractivity (Wildman–Crippen MR) is 81.8 cm³/mol. The SMILES string of the molecule is CC1(C)c2cccc[c]2[Sn]([CH3])([CH3])[c]2ccccc21. The van der Waals surface area contributed by atoms with Gasteiger partial charge in [0.1, 0.15) is 0 Å². The summed E-state index contributed by atoms with van der Waals surface area (Å²) < 4.78 is 3.35. The Morgan fingerprint density at radius 3 is 1.56 bits per heavy atom. The molecule has 0 atom stereocenters. The van der Waals surface area contributed by atoms with E-state index in [9.17, 15) is 0 Å². The van der Waals surface area contributed by atoms with Gasteiger partial charge in [0.05, 0.1) is 0 Å². The number of hydrogen-bond donors (Lipinski definition) is 0. The Balaban J connectivity index is 2.41. The summed E-state index contributed by atoms with van der Waals surface area (Å²) in [6.07, 6.45) is 0. The molecule has 0 N–H and O–H groups in total. The van der Waals surface area contributed by atoms with Crippen molar-refractivity contribution in [2.75, 3.05) is 0 Å². The van der Waals surface area contributed by atoms with E-state index in [-0.39, 0.29) is 5.41 Å². The van der Waals surface area contributed by atoms with Gasteiger partial charge in [-0.15, -0.1) is 0 Å². The van der Waals surface area contributed by atoms with Gasteiger partial charge >= 0.3 is 114 Å². The molecule has 1 heterocycles. The topological polar surface area (TPSA) is 0 Å². The van der Waals surface area contributed by atoms with Crippen LogP contribution in [0.5, 0.6) is 0 Å². The molecule has 0 aliphatic carbocycles. The van der Waals surface area contributed by atoms with Gasteiger partial charge in [0.25, 0.3) is 0 Å². The van der Waals surface area contributed by atoms with Crippen LogP contribution in [0.4, 0.5) is 0 Å². The van der Waals surface area contributed by atoms with E-state index in [1.54, 1.807) is 18.3 Å². The fourth-order valence-electron chi connectivity index (χ4n) is 3.44. The van der Waals surface area contributed by atoms with Gasteiger partial charge in [0.2, 0.25) is 0 Å². The molecule has 0 fully saturated rings. The zero-order valence-electron chi connectivity index (χ0n) is 11.6. The van der Waals surface area contributed by atoms with Crippen LogP contribution >= 0.6 is 0 Å². The molecule has 0 radical (unpaired) electrons. The quantitative estimate of drug-likeness (QED) is 0.645. The average Bonchev–Trinajstić information content (AvgIpc) is 2.37. The first kappa shape index (κ1) is 12.3. The minimum absolute atomic E-state index is 0.152. The van der Waals surface area contributed by atoms with Crippen LogP contribution in [-0.2, 0) is 5.41 Å². The summed E-state index contributed by atoms with van der Waals surface area (Å²) in [5, 5.41) is 0. The molecule has 2 aromatic rings. The Bertz CT molecular complexity index is 503. The Kier molecular flexibility index (Phi) is 2.64. The number of hydrogen-bond acceptors (Lipinski definition) is 0. The summed E-state index contributed by atoms with van der Waals surface area (Å²) in [5.74, 6) is 0. The minimum atomic E-state index is -2.35. The molecule has 0 amide bonds. The molecule has 3 rings (SSSR count). The number of fused-ring (bicyclic) bond motifs is 2. The van der Waals surface area contributed by atoms with E-state index >= 15 is 0 Å². The maximum absolute atomic E-state index is 2.54. The number of rotatable bonds is 0. The van der Waals surface area contributed by atoms with E-state index in [1.807, 2.05) is 0 Å². The van der Waals surface area contributed by atoms with Gasteiger partial charge in [-0.25, -0.2) is 0 Å². The molecular weight excluding hydrogens is 323 g/mol. The zero-order chi connectivity index (χ0) is 13.0. The van der Waals surface area contributed by atoms with Gasteiger partial charge in [0.15, 0.2) is 0 Å². The van der Waals surface area contributed by atoms with E-state index in [0.29, 0.717) is 0 Å². The third-order valence-electron chi connectivity index (χ3n) is 4.55. The van der Waals surface area contributed by atoms with Crippen molar-refractivity contribution in [2.24, 2.45) is 0 Å². The average molecular weight is 343 g/mol. The van der Waals surface area contributed by atoms with Gasteiger partial charge in [-0.2, -0.15) is 0 Å². The van der Waals surface area contributed by atoms with Crippen LogP contribution in [0.2, 0.25) is 9.88 Å². The molecular formula is C17H20Sn. The Morgan fingerprint density at radius 2 is 1.11 bits per heavy atom. The first-order chi connectivity index (χ1) is 8.45. The molecule has 0 unspecified atom stereocenters. The van der Waals surface area contributed by atoms with Gasteiger partial charge in [-0.05, 0) is 0 Å². The second-order valence-electron chi connectivity index (χ2n) is 6.34. The molecule has 2 aromatic carbocycles. The van der Waals surface area contributed by atoms with Crippen LogP contribution in [0, 0.1) is 0 Å². The van der Waals surface area contributed by atoms with Crippen molar-refractivity contribution in [1.29, 1.82) is 0 Å². The Morgan fingerprint density at radius 1 is 0.722 bits per heavy atom. The molecule has 0 saturated heterocycles. The van der Waals surface area contributed by atoms with Crippen molar-refractivity contribution in [3.8, 4) is 0 Å².